The number of nitrogens with zero attached hydrogens (tertiary/aromatic N) is 3. The normalized spacial score (nSPS) is 18.1. The van der Waals surface area contributed by atoms with E-state index < -0.39 is 0 Å². The number of hydrogen-bond acceptors (Lipinski definition) is 3. The highest BCUT2D eigenvalue weighted by atomic mass is 19.1. The lowest BCUT2D eigenvalue weighted by molar-refractivity contribution is 0.182. The summed E-state index contributed by atoms with van der Waals surface area (Å²) < 4.78 is 21.4. The quantitative estimate of drug-likeness (QED) is 0.745. The molecule has 0 saturated carbocycles. The Labute approximate surface area is 127 Å². The van der Waals surface area contributed by atoms with Crippen molar-refractivity contribution in [3.05, 3.63) is 48.5 Å². The van der Waals surface area contributed by atoms with E-state index in [0.717, 1.165) is 37.4 Å². The van der Waals surface area contributed by atoms with Gasteiger partial charge < -0.3 is 9.30 Å². The second kappa shape index (κ2) is 5.50. The Bertz CT molecular complexity index is 809. The second-order valence-electron chi connectivity index (χ2n) is 5.64. The second-order valence-corrected chi connectivity index (χ2v) is 5.64. The molecule has 1 saturated heterocycles. The Morgan fingerprint density at radius 1 is 1.27 bits per heavy atom. The number of benzene rings is 1. The number of hydrogen-bond donors (Lipinski definition) is 0. The van der Waals surface area contributed by atoms with Crippen molar-refractivity contribution >= 4 is 10.9 Å². The third-order valence-corrected chi connectivity index (χ3v) is 4.09. The van der Waals surface area contributed by atoms with E-state index in [1.165, 1.54) is 6.07 Å². The van der Waals surface area contributed by atoms with Crippen LogP contribution in [0.3, 0.4) is 0 Å². The molecule has 0 radical (unpaired) electrons. The van der Waals surface area contributed by atoms with Gasteiger partial charge in [0, 0.05) is 36.8 Å². The number of ether oxygens (including phenoxy) is 1. The van der Waals surface area contributed by atoms with Gasteiger partial charge in [0.1, 0.15) is 17.0 Å². The van der Waals surface area contributed by atoms with Crippen molar-refractivity contribution in [1.82, 2.24) is 14.5 Å². The van der Waals surface area contributed by atoms with Gasteiger partial charge in [-0.05, 0) is 18.6 Å². The first kappa shape index (κ1) is 13.4. The highest BCUT2D eigenvalue weighted by molar-refractivity contribution is 5.81. The van der Waals surface area contributed by atoms with Gasteiger partial charge in [0.25, 0.3) is 0 Å². The first-order chi connectivity index (χ1) is 10.8. The third-order valence-electron chi connectivity index (χ3n) is 4.09. The summed E-state index contributed by atoms with van der Waals surface area (Å²) in [7, 11) is 0. The number of rotatable bonds is 3. The average Bonchev–Trinajstić information content (AvgIpc) is 3.20. The number of aromatic nitrogens is 3. The van der Waals surface area contributed by atoms with Gasteiger partial charge in [0.15, 0.2) is 5.82 Å². The lowest BCUT2D eigenvalue weighted by atomic mass is 10.1. The summed E-state index contributed by atoms with van der Waals surface area (Å²) in [5.74, 6) is 0.976. The average molecular weight is 297 g/mol. The molecule has 3 heterocycles. The Balaban J connectivity index is 1.72. The molecule has 1 aliphatic rings. The molecule has 22 heavy (non-hydrogen) atoms. The lowest BCUT2D eigenvalue weighted by Crippen LogP contribution is -2.11. The summed E-state index contributed by atoms with van der Waals surface area (Å²) in [6.45, 7) is 2.47. The molecule has 0 N–H and O–H groups in total. The summed E-state index contributed by atoms with van der Waals surface area (Å²) in [6.07, 6.45) is 4.77. The van der Waals surface area contributed by atoms with E-state index in [9.17, 15) is 4.39 Å². The van der Waals surface area contributed by atoms with Crippen LogP contribution in [0.4, 0.5) is 4.39 Å². The van der Waals surface area contributed by atoms with Gasteiger partial charge in [-0.2, -0.15) is 0 Å². The summed E-state index contributed by atoms with van der Waals surface area (Å²) in [6, 6.07) is 8.77. The third kappa shape index (κ3) is 2.37. The number of halogens is 1. The molecule has 0 bridgehead atoms. The molecule has 0 spiro atoms. The molecule has 0 amide bonds. The van der Waals surface area contributed by atoms with Gasteiger partial charge in [-0.25, -0.2) is 14.4 Å². The molecule has 5 heteroatoms. The number of fused-ring (bicyclic) bond motifs is 1. The summed E-state index contributed by atoms with van der Waals surface area (Å²) in [4.78, 5) is 8.87. The van der Waals surface area contributed by atoms with E-state index in [2.05, 4.69) is 14.5 Å². The molecule has 1 atom stereocenters. The number of pyridine rings is 1. The van der Waals surface area contributed by atoms with Crippen molar-refractivity contribution in [2.75, 3.05) is 13.2 Å². The van der Waals surface area contributed by atoms with Crippen LogP contribution in [0, 0.1) is 11.7 Å². The monoisotopic (exact) mass is 297 g/mol. The van der Waals surface area contributed by atoms with Crippen molar-refractivity contribution in [3.63, 3.8) is 0 Å². The molecule has 3 aromatic rings. The first-order valence-electron chi connectivity index (χ1n) is 7.46. The minimum atomic E-state index is -0.304. The molecule has 1 fully saturated rings. The van der Waals surface area contributed by atoms with E-state index >= 15 is 0 Å². The Kier molecular flexibility index (Phi) is 3.35. The molecule has 1 aliphatic heterocycles. The van der Waals surface area contributed by atoms with E-state index in [1.54, 1.807) is 12.3 Å². The van der Waals surface area contributed by atoms with Crippen LogP contribution in [0.1, 0.15) is 6.42 Å². The molecule has 4 nitrogen and oxygen atoms in total. The highest BCUT2D eigenvalue weighted by Crippen LogP contribution is 2.23. The van der Waals surface area contributed by atoms with Crippen LogP contribution in [-0.2, 0) is 11.3 Å². The topological polar surface area (TPSA) is 39.9 Å². The van der Waals surface area contributed by atoms with E-state index in [0.29, 0.717) is 17.1 Å². The Morgan fingerprint density at radius 3 is 3.09 bits per heavy atom. The molecule has 4 rings (SSSR count). The molecule has 2 aromatic heterocycles. The molecular weight excluding hydrogens is 281 g/mol. The lowest BCUT2D eigenvalue weighted by Gasteiger charge is -2.12. The Morgan fingerprint density at radius 2 is 2.23 bits per heavy atom. The van der Waals surface area contributed by atoms with Gasteiger partial charge >= 0.3 is 0 Å². The SMILES string of the molecule is Fc1cccc2ccc(-c3nccn3CC3CCOC3)nc12. The van der Waals surface area contributed by atoms with Crippen molar-refractivity contribution < 1.29 is 9.13 Å². The van der Waals surface area contributed by atoms with Crippen molar-refractivity contribution in [2.24, 2.45) is 5.92 Å². The zero-order chi connectivity index (χ0) is 14.9. The van der Waals surface area contributed by atoms with Crippen LogP contribution in [0.15, 0.2) is 42.7 Å². The molecule has 112 valence electrons. The molecule has 0 aliphatic carbocycles. The predicted octanol–water partition coefficient (Wildman–Crippen LogP) is 3.27. The highest BCUT2D eigenvalue weighted by Gasteiger charge is 2.18. The fourth-order valence-electron chi connectivity index (χ4n) is 2.93. The minimum absolute atomic E-state index is 0.304. The van der Waals surface area contributed by atoms with E-state index in [4.69, 9.17) is 4.74 Å². The van der Waals surface area contributed by atoms with Gasteiger partial charge in [0.2, 0.25) is 0 Å². The number of imidazole rings is 1. The summed E-state index contributed by atoms with van der Waals surface area (Å²) in [5, 5.41) is 0.797. The smallest absolute Gasteiger partial charge is 0.158 e. The zero-order valence-electron chi connectivity index (χ0n) is 12.1. The molecule has 1 unspecified atom stereocenters. The maximum Gasteiger partial charge on any atom is 0.158 e. The zero-order valence-corrected chi connectivity index (χ0v) is 12.1. The van der Waals surface area contributed by atoms with Gasteiger partial charge in [0.05, 0.1) is 6.61 Å². The van der Waals surface area contributed by atoms with Crippen molar-refractivity contribution in [3.8, 4) is 11.5 Å². The van der Waals surface area contributed by atoms with Gasteiger partial charge in [-0.1, -0.05) is 18.2 Å². The van der Waals surface area contributed by atoms with E-state index in [1.807, 2.05) is 24.4 Å². The Hall–Kier alpha value is -2.27. The maximum atomic E-state index is 13.9. The standard InChI is InChI=1S/C17H16FN3O/c18-14-3-1-2-13-4-5-15(20-16(13)14)17-19-7-8-21(17)10-12-6-9-22-11-12/h1-5,7-8,12H,6,9-11H2. The molecular formula is C17H16FN3O. The predicted molar refractivity (Wildman–Crippen MR) is 81.8 cm³/mol. The fraction of sp³-hybridized carbons (Fsp3) is 0.294. The maximum absolute atomic E-state index is 13.9. The van der Waals surface area contributed by atoms with Crippen molar-refractivity contribution in [1.29, 1.82) is 0 Å². The van der Waals surface area contributed by atoms with Gasteiger partial charge in [-0.15, -0.1) is 0 Å². The first-order valence-corrected chi connectivity index (χ1v) is 7.46. The van der Waals surface area contributed by atoms with E-state index in [-0.39, 0.29) is 5.82 Å². The van der Waals surface area contributed by atoms with Crippen LogP contribution < -0.4 is 0 Å². The largest absolute Gasteiger partial charge is 0.381 e. The fourth-order valence-corrected chi connectivity index (χ4v) is 2.93. The summed E-state index contributed by atoms with van der Waals surface area (Å²) >= 11 is 0. The van der Waals surface area contributed by atoms with Crippen LogP contribution in [0.2, 0.25) is 0 Å². The molecule has 1 aromatic carbocycles. The van der Waals surface area contributed by atoms with Crippen LogP contribution >= 0.6 is 0 Å². The van der Waals surface area contributed by atoms with Crippen LogP contribution in [-0.4, -0.2) is 27.7 Å². The van der Waals surface area contributed by atoms with Gasteiger partial charge in [-0.3, -0.25) is 0 Å². The number of para-hydroxylation sites is 1. The van der Waals surface area contributed by atoms with Crippen molar-refractivity contribution in [2.45, 2.75) is 13.0 Å². The van der Waals surface area contributed by atoms with Crippen LogP contribution in [0.5, 0.6) is 0 Å². The summed E-state index contributed by atoms with van der Waals surface area (Å²) in [5.41, 5.74) is 1.08. The van der Waals surface area contributed by atoms with Crippen LogP contribution in [0.25, 0.3) is 22.4 Å². The minimum Gasteiger partial charge on any atom is -0.381 e.